The number of rotatable bonds is 6. The second-order valence-electron chi connectivity index (χ2n) is 4.71. The molecule has 0 aliphatic heterocycles. The maximum Gasteiger partial charge on any atom is 0.312 e. The van der Waals surface area contributed by atoms with Crippen LogP contribution in [0, 0.1) is 16.0 Å². The van der Waals surface area contributed by atoms with Crippen molar-refractivity contribution in [3.8, 4) is 0 Å². The number of nitrogens with one attached hydrogen (secondary N) is 1. The summed E-state index contributed by atoms with van der Waals surface area (Å²) >= 11 is 5.73. The molecule has 1 aliphatic carbocycles. The Labute approximate surface area is 111 Å². The first-order valence-corrected chi connectivity index (χ1v) is 6.54. The van der Waals surface area contributed by atoms with Crippen LogP contribution in [0.1, 0.15) is 32.6 Å². The lowest BCUT2D eigenvalue weighted by Crippen LogP contribution is -2.20. The Hall–Kier alpha value is -1.36. The molecule has 1 aliphatic rings. The maximum atomic E-state index is 10.9. The van der Waals surface area contributed by atoms with E-state index in [2.05, 4.69) is 17.2 Å². The predicted octanol–water partition coefficient (Wildman–Crippen LogP) is 3.63. The molecule has 1 aromatic heterocycles. The molecule has 1 fully saturated rings. The third-order valence-corrected chi connectivity index (χ3v) is 3.39. The summed E-state index contributed by atoms with van der Waals surface area (Å²) in [5.41, 5.74) is -0.0586. The second-order valence-corrected chi connectivity index (χ2v) is 5.14. The fraction of sp³-hybridized carbons (Fsp3) is 0.583. The van der Waals surface area contributed by atoms with Crippen LogP contribution in [0.25, 0.3) is 0 Å². The predicted molar refractivity (Wildman–Crippen MR) is 70.9 cm³/mol. The summed E-state index contributed by atoms with van der Waals surface area (Å²) in [7, 11) is 0. The number of hydrogen-bond acceptors (Lipinski definition) is 4. The summed E-state index contributed by atoms with van der Waals surface area (Å²) in [4.78, 5) is 14.5. The van der Waals surface area contributed by atoms with Gasteiger partial charge in [0.2, 0.25) is 5.82 Å². The summed E-state index contributed by atoms with van der Waals surface area (Å²) in [6.07, 6.45) is 5.96. The molecule has 0 spiro atoms. The van der Waals surface area contributed by atoms with Crippen molar-refractivity contribution in [3.63, 3.8) is 0 Å². The Morgan fingerprint density at radius 2 is 2.39 bits per heavy atom. The molecular formula is C12H16ClN3O2. The first-order valence-electron chi connectivity index (χ1n) is 6.16. The van der Waals surface area contributed by atoms with E-state index in [0.29, 0.717) is 5.82 Å². The van der Waals surface area contributed by atoms with Gasteiger partial charge < -0.3 is 5.32 Å². The lowest BCUT2D eigenvalue weighted by molar-refractivity contribution is -0.384. The average Bonchev–Trinajstić information content (AvgIpc) is 3.14. The van der Waals surface area contributed by atoms with Gasteiger partial charge in [0.1, 0.15) is 0 Å². The normalized spacial score (nSPS) is 16.3. The summed E-state index contributed by atoms with van der Waals surface area (Å²) < 4.78 is 0. The van der Waals surface area contributed by atoms with E-state index in [1.54, 1.807) is 0 Å². The first kappa shape index (κ1) is 13.1. The van der Waals surface area contributed by atoms with E-state index in [9.17, 15) is 10.1 Å². The molecule has 1 heterocycles. The molecule has 0 amide bonds. The summed E-state index contributed by atoms with van der Waals surface area (Å²) in [6, 6.07) is 1.57. The van der Waals surface area contributed by atoms with Crippen LogP contribution >= 0.6 is 11.6 Å². The quantitative estimate of drug-likeness (QED) is 0.632. The van der Waals surface area contributed by atoms with Crippen LogP contribution in [0.2, 0.25) is 5.02 Å². The van der Waals surface area contributed by atoms with E-state index in [1.165, 1.54) is 25.1 Å². The second kappa shape index (κ2) is 5.52. The Morgan fingerprint density at radius 1 is 1.67 bits per heavy atom. The van der Waals surface area contributed by atoms with Gasteiger partial charge in [0, 0.05) is 18.3 Å². The van der Waals surface area contributed by atoms with Gasteiger partial charge in [-0.25, -0.2) is 4.98 Å². The van der Waals surface area contributed by atoms with Crippen molar-refractivity contribution in [2.24, 2.45) is 5.92 Å². The highest BCUT2D eigenvalue weighted by molar-refractivity contribution is 6.30. The van der Waals surface area contributed by atoms with Gasteiger partial charge >= 0.3 is 5.69 Å². The van der Waals surface area contributed by atoms with E-state index < -0.39 is 4.92 Å². The van der Waals surface area contributed by atoms with Gasteiger partial charge in [-0.1, -0.05) is 31.4 Å². The first-order chi connectivity index (χ1) is 8.60. The van der Waals surface area contributed by atoms with Crippen molar-refractivity contribution in [2.75, 3.05) is 5.32 Å². The van der Waals surface area contributed by atoms with Crippen LogP contribution in [-0.2, 0) is 0 Å². The molecule has 1 saturated carbocycles. The topological polar surface area (TPSA) is 68.1 Å². The van der Waals surface area contributed by atoms with E-state index in [4.69, 9.17) is 11.6 Å². The zero-order chi connectivity index (χ0) is 13.1. The molecular weight excluding hydrogens is 254 g/mol. The van der Waals surface area contributed by atoms with Crippen molar-refractivity contribution in [1.29, 1.82) is 0 Å². The Bertz CT molecular complexity index is 449. The Morgan fingerprint density at radius 3 is 2.94 bits per heavy atom. The summed E-state index contributed by atoms with van der Waals surface area (Å²) in [5.74, 6) is 1.09. The van der Waals surface area contributed by atoms with Crippen molar-refractivity contribution in [2.45, 2.75) is 38.6 Å². The number of nitrogens with zero attached hydrogens (tertiary/aromatic N) is 2. The summed E-state index contributed by atoms with van der Waals surface area (Å²) in [5, 5.41) is 14.4. The van der Waals surface area contributed by atoms with Crippen LogP contribution in [-0.4, -0.2) is 15.9 Å². The SMILES string of the molecule is CCC(CC1CC1)Nc1ncc(Cl)cc1[N+](=O)[O-]. The molecule has 1 atom stereocenters. The summed E-state index contributed by atoms with van der Waals surface area (Å²) in [6.45, 7) is 2.07. The Balaban J connectivity index is 2.13. The van der Waals surface area contributed by atoms with Gasteiger partial charge in [-0.3, -0.25) is 10.1 Å². The third-order valence-electron chi connectivity index (χ3n) is 3.18. The van der Waals surface area contributed by atoms with E-state index in [1.807, 2.05) is 0 Å². The standard InChI is InChI=1S/C12H16ClN3O2/c1-2-10(5-8-3-4-8)15-12-11(16(17)18)6-9(13)7-14-12/h6-8,10H,2-5H2,1H3,(H,14,15). The molecule has 1 unspecified atom stereocenters. The Kier molecular flexibility index (Phi) is 4.01. The third kappa shape index (κ3) is 3.32. The largest absolute Gasteiger partial charge is 0.362 e. The fourth-order valence-corrected chi connectivity index (χ4v) is 2.11. The van der Waals surface area contributed by atoms with Crippen LogP contribution in [0.5, 0.6) is 0 Å². The number of aromatic nitrogens is 1. The van der Waals surface area contributed by atoms with E-state index in [-0.39, 0.29) is 16.8 Å². The maximum absolute atomic E-state index is 10.9. The zero-order valence-electron chi connectivity index (χ0n) is 10.2. The van der Waals surface area contributed by atoms with Crippen molar-refractivity contribution in [3.05, 3.63) is 27.4 Å². The smallest absolute Gasteiger partial charge is 0.312 e. The molecule has 2 rings (SSSR count). The van der Waals surface area contributed by atoms with Gasteiger partial charge in [0.25, 0.3) is 0 Å². The van der Waals surface area contributed by atoms with Crippen molar-refractivity contribution >= 4 is 23.1 Å². The molecule has 0 radical (unpaired) electrons. The minimum Gasteiger partial charge on any atom is -0.362 e. The van der Waals surface area contributed by atoms with Crippen LogP contribution in [0.4, 0.5) is 11.5 Å². The number of nitro groups is 1. The highest BCUT2D eigenvalue weighted by Gasteiger charge is 2.26. The van der Waals surface area contributed by atoms with Crippen LogP contribution < -0.4 is 5.32 Å². The van der Waals surface area contributed by atoms with Gasteiger partial charge in [-0.05, 0) is 18.8 Å². The molecule has 1 aromatic rings. The molecule has 0 aromatic carbocycles. The molecule has 0 bridgehead atoms. The van der Waals surface area contributed by atoms with E-state index in [0.717, 1.165) is 18.8 Å². The zero-order valence-corrected chi connectivity index (χ0v) is 11.0. The number of halogens is 1. The molecule has 5 nitrogen and oxygen atoms in total. The molecule has 0 saturated heterocycles. The minimum absolute atomic E-state index is 0.0586. The van der Waals surface area contributed by atoms with Crippen LogP contribution in [0.15, 0.2) is 12.3 Å². The van der Waals surface area contributed by atoms with Crippen molar-refractivity contribution in [1.82, 2.24) is 4.98 Å². The monoisotopic (exact) mass is 269 g/mol. The number of anilines is 1. The highest BCUT2D eigenvalue weighted by atomic mass is 35.5. The molecule has 1 N–H and O–H groups in total. The molecule has 18 heavy (non-hydrogen) atoms. The highest BCUT2D eigenvalue weighted by Crippen LogP contribution is 2.35. The lowest BCUT2D eigenvalue weighted by Gasteiger charge is -2.17. The van der Waals surface area contributed by atoms with Gasteiger partial charge in [-0.15, -0.1) is 0 Å². The van der Waals surface area contributed by atoms with E-state index >= 15 is 0 Å². The number of hydrogen-bond donors (Lipinski definition) is 1. The number of pyridine rings is 1. The van der Waals surface area contributed by atoms with Gasteiger partial charge in [-0.2, -0.15) is 0 Å². The van der Waals surface area contributed by atoms with Crippen molar-refractivity contribution < 1.29 is 4.92 Å². The van der Waals surface area contributed by atoms with Gasteiger partial charge in [0.15, 0.2) is 0 Å². The average molecular weight is 270 g/mol. The fourth-order valence-electron chi connectivity index (χ4n) is 1.96. The minimum atomic E-state index is -0.453. The molecule has 6 heteroatoms. The van der Waals surface area contributed by atoms with Crippen LogP contribution in [0.3, 0.4) is 0 Å². The van der Waals surface area contributed by atoms with Gasteiger partial charge in [0.05, 0.1) is 9.95 Å². The lowest BCUT2D eigenvalue weighted by atomic mass is 10.1. The molecule has 98 valence electrons.